The van der Waals surface area contributed by atoms with Gasteiger partial charge in [-0.1, -0.05) is 37.5 Å². The van der Waals surface area contributed by atoms with E-state index in [1.165, 1.54) is 0 Å². The Kier molecular flexibility index (Phi) is 7.60. The van der Waals surface area contributed by atoms with Crippen molar-refractivity contribution in [1.29, 1.82) is 0 Å². The number of likely N-dealkylation sites (N-methyl/N-ethyl adjacent to an activating group) is 1. The van der Waals surface area contributed by atoms with Crippen molar-refractivity contribution < 1.29 is 0 Å². The number of nitrogens with zero attached hydrogens (tertiary/aromatic N) is 1. The Morgan fingerprint density at radius 1 is 1.00 bits per heavy atom. The fourth-order valence-corrected chi connectivity index (χ4v) is 1.23. The van der Waals surface area contributed by atoms with Crippen LogP contribution < -0.4 is 0 Å². The molecule has 0 amide bonds. The molecular weight excluding hydrogens is 194 g/mol. The number of hydrogen-bond acceptors (Lipinski definition) is 1. The van der Waals surface area contributed by atoms with E-state index in [1.54, 1.807) is 6.08 Å². The molecule has 0 saturated heterocycles. The minimum absolute atomic E-state index is 1.05. The molecule has 0 radical (unpaired) electrons. The molecule has 86 valence electrons. The molecule has 0 aromatic carbocycles. The zero-order valence-electron chi connectivity index (χ0n) is 10.5. The summed E-state index contributed by atoms with van der Waals surface area (Å²) in [6.45, 7) is 11.5. The van der Waals surface area contributed by atoms with Crippen molar-refractivity contribution in [1.82, 2.24) is 4.90 Å². The van der Waals surface area contributed by atoms with Crippen molar-refractivity contribution in [3.05, 3.63) is 73.2 Å². The lowest BCUT2D eigenvalue weighted by Gasteiger charge is -2.21. The van der Waals surface area contributed by atoms with Crippen LogP contribution in [-0.4, -0.2) is 11.9 Å². The second-order valence-corrected chi connectivity index (χ2v) is 3.21. The molecule has 1 heteroatoms. The largest absolute Gasteiger partial charge is 0.345 e. The Morgan fingerprint density at radius 2 is 1.69 bits per heavy atom. The van der Waals surface area contributed by atoms with Crippen molar-refractivity contribution in [2.45, 2.75) is 13.8 Å². The average Bonchev–Trinajstić information content (AvgIpc) is 2.29. The van der Waals surface area contributed by atoms with Gasteiger partial charge < -0.3 is 4.90 Å². The van der Waals surface area contributed by atoms with Crippen molar-refractivity contribution >= 4 is 0 Å². The summed E-state index contributed by atoms with van der Waals surface area (Å²) in [5.74, 6) is 0. The van der Waals surface area contributed by atoms with E-state index in [0.29, 0.717) is 0 Å². The topological polar surface area (TPSA) is 3.24 Å². The van der Waals surface area contributed by atoms with Crippen LogP contribution >= 0.6 is 0 Å². The fraction of sp³-hybridized carbons (Fsp3) is 0.200. The van der Waals surface area contributed by atoms with Gasteiger partial charge in [0.15, 0.2) is 0 Å². The van der Waals surface area contributed by atoms with Gasteiger partial charge in [0.25, 0.3) is 0 Å². The highest BCUT2D eigenvalue weighted by atomic mass is 15.1. The zero-order chi connectivity index (χ0) is 12.4. The fourth-order valence-electron chi connectivity index (χ4n) is 1.23. The standard InChI is InChI=1S/C15H21N/c1-6-10-13-14(9-4)16(5)15(11-7-2)12-8-3/h6-13H,2,4H2,1,3,5H3/b10-6-,12-8-,14-13+,15-11+. The van der Waals surface area contributed by atoms with E-state index in [0.717, 1.165) is 11.4 Å². The van der Waals surface area contributed by atoms with Gasteiger partial charge in [0.1, 0.15) is 0 Å². The summed E-state index contributed by atoms with van der Waals surface area (Å²) < 4.78 is 0. The van der Waals surface area contributed by atoms with Crippen LogP contribution in [0.4, 0.5) is 0 Å². The van der Waals surface area contributed by atoms with Crippen LogP contribution in [0.1, 0.15) is 13.8 Å². The highest BCUT2D eigenvalue weighted by Crippen LogP contribution is 2.13. The van der Waals surface area contributed by atoms with Gasteiger partial charge in [-0.2, -0.15) is 0 Å². The molecule has 0 aliphatic heterocycles. The minimum atomic E-state index is 1.05. The van der Waals surface area contributed by atoms with E-state index in [-0.39, 0.29) is 0 Å². The molecule has 0 N–H and O–H groups in total. The molecule has 0 heterocycles. The highest BCUT2D eigenvalue weighted by molar-refractivity contribution is 5.31. The molecule has 0 spiro atoms. The normalized spacial score (nSPS) is 13.4. The Balaban J connectivity index is 5.10. The van der Waals surface area contributed by atoms with Crippen molar-refractivity contribution in [2.24, 2.45) is 0 Å². The van der Waals surface area contributed by atoms with Crippen molar-refractivity contribution in [3.63, 3.8) is 0 Å². The second-order valence-electron chi connectivity index (χ2n) is 3.21. The zero-order valence-corrected chi connectivity index (χ0v) is 10.5. The van der Waals surface area contributed by atoms with Crippen LogP contribution in [0.5, 0.6) is 0 Å². The molecule has 0 unspecified atom stereocenters. The molecule has 0 saturated carbocycles. The van der Waals surface area contributed by atoms with Gasteiger partial charge >= 0.3 is 0 Å². The second kappa shape index (κ2) is 8.54. The summed E-state index contributed by atoms with van der Waals surface area (Å²) in [7, 11) is 2.01. The number of hydrogen-bond donors (Lipinski definition) is 0. The lowest BCUT2D eigenvalue weighted by Crippen LogP contribution is -2.14. The van der Waals surface area contributed by atoms with Crippen LogP contribution in [0.15, 0.2) is 73.2 Å². The van der Waals surface area contributed by atoms with E-state index < -0.39 is 0 Å². The maximum Gasteiger partial charge on any atom is 0.0404 e. The van der Waals surface area contributed by atoms with Crippen molar-refractivity contribution in [3.8, 4) is 0 Å². The maximum atomic E-state index is 3.82. The quantitative estimate of drug-likeness (QED) is 0.600. The Hall–Kier alpha value is -1.76. The van der Waals surface area contributed by atoms with Gasteiger partial charge in [-0.25, -0.2) is 0 Å². The van der Waals surface area contributed by atoms with Gasteiger partial charge in [0.2, 0.25) is 0 Å². The van der Waals surface area contributed by atoms with Crippen LogP contribution in [-0.2, 0) is 0 Å². The molecule has 0 aliphatic rings. The third kappa shape index (κ3) is 4.65. The lowest BCUT2D eigenvalue weighted by molar-refractivity contribution is 0.554. The van der Waals surface area contributed by atoms with Crippen LogP contribution in [0, 0.1) is 0 Å². The van der Waals surface area contributed by atoms with Crippen LogP contribution in [0.2, 0.25) is 0 Å². The molecule has 16 heavy (non-hydrogen) atoms. The summed E-state index contributed by atoms with van der Waals surface area (Å²) in [6, 6.07) is 0. The Labute approximate surface area is 99.5 Å². The summed E-state index contributed by atoms with van der Waals surface area (Å²) in [4.78, 5) is 2.06. The smallest absolute Gasteiger partial charge is 0.0404 e. The first-order valence-corrected chi connectivity index (χ1v) is 5.35. The SMILES string of the molecule is C=C/C=C(\C=C/C)N(C)/C(C=C)=C/C=C\C. The van der Waals surface area contributed by atoms with Gasteiger partial charge in [0, 0.05) is 18.4 Å². The Morgan fingerprint density at radius 3 is 2.12 bits per heavy atom. The summed E-state index contributed by atoms with van der Waals surface area (Å²) in [5, 5.41) is 0. The minimum Gasteiger partial charge on any atom is -0.345 e. The van der Waals surface area contributed by atoms with E-state index in [4.69, 9.17) is 0 Å². The van der Waals surface area contributed by atoms with E-state index in [2.05, 4.69) is 18.1 Å². The first-order valence-electron chi connectivity index (χ1n) is 5.35. The van der Waals surface area contributed by atoms with Crippen LogP contribution in [0.3, 0.4) is 0 Å². The molecule has 0 aliphatic carbocycles. The predicted molar refractivity (Wildman–Crippen MR) is 74.0 cm³/mol. The van der Waals surface area contributed by atoms with Crippen LogP contribution in [0.25, 0.3) is 0 Å². The molecule has 0 atom stereocenters. The molecule has 0 bridgehead atoms. The average molecular weight is 215 g/mol. The number of allylic oxidation sites excluding steroid dienone is 8. The van der Waals surface area contributed by atoms with E-state index in [1.807, 2.05) is 63.4 Å². The molecule has 0 rings (SSSR count). The van der Waals surface area contributed by atoms with E-state index >= 15 is 0 Å². The maximum absolute atomic E-state index is 3.82. The third-order valence-electron chi connectivity index (χ3n) is 2.07. The molecule has 0 aromatic heterocycles. The first kappa shape index (κ1) is 14.2. The lowest BCUT2D eigenvalue weighted by atomic mass is 10.2. The van der Waals surface area contributed by atoms with Gasteiger partial charge in [-0.15, -0.1) is 0 Å². The number of rotatable bonds is 6. The summed E-state index contributed by atoms with van der Waals surface area (Å²) in [5.41, 5.74) is 2.12. The van der Waals surface area contributed by atoms with Crippen molar-refractivity contribution in [2.75, 3.05) is 7.05 Å². The summed E-state index contributed by atoms with van der Waals surface area (Å²) >= 11 is 0. The Bertz CT molecular complexity index is 340. The molecule has 0 fully saturated rings. The molecular formula is C15H21N. The third-order valence-corrected chi connectivity index (χ3v) is 2.07. The molecule has 0 aromatic rings. The first-order chi connectivity index (χ1) is 7.71. The van der Waals surface area contributed by atoms with Gasteiger partial charge in [-0.05, 0) is 38.2 Å². The predicted octanol–water partition coefficient (Wildman–Crippen LogP) is 4.21. The van der Waals surface area contributed by atoms with Gasteiger partial charge in [0.05, 0.1) is 0 Å². The van der Waals surface area contributed by atoms with E-state index in [9.17, 15) is 0 Å². The molecule has 1 nitrogen and oxygen atoms in total. The summed E-state index contributed by atoms with van der Waals surface area (Å²) in [6.07, 6.45) is 15.6. The monoisotopic (exact) mass is 215 g/mol. The van der Waals surface area contributed by atoms with Gasteiger partial charge in [-0.3, -0.25) is 0 Å². The highest BCUT2D eigenvalue weighted by Gasteiger charge is 2.02.